The Morgan fingerprint density at radius 3 is 2.83 bits per heavy atom. The van der Waals surface area contributed by atoms with Crippen molar-refractivity contribution in [2.75, 3.05) is 13.1 Å². The zero-order valence-electron chi connectivity index (χ0n) is 11.1. The molecule has 3 heteroatoms. The van der Waals surface area contributed by atoms with E-state index in [1.165, 1.54) is 0 Å². The van der Waals surface area contributed by atoms with Crippen LogP contribution in [0.25, 0.3) is 0 Å². The summed E-state index contributed by atoms with van der Waals surface area (Å²) in [5.74, 6) is 0.402. The van der Waals surface area contributed by atoms with Crippen LogP contribution in [0, 0.1) is 5.41 Å². The summed E-state index contributed by atoms with van der Waals surface area (Å²) in [6, 6.07) is 3.89. The topological polar surface area (TPSA) is 42.0 Å². The van der Waals surface area contributed by atoms with Crippen molar-refractivity contribution in [2.24, 2.45) is 5.41 Å². The van der Waals surface area contributed by atoms with Gasteiger partial charge in [-0.25, -0.2) is 0 Å². The zero-order valence-corrected chi connectivity index (χ0v) is 11.1. The minimum absolute atomic E-state index is 0.0875. The third-order valence-corrected chi connectivity index (χ3v) is 3.97. The molecule has 0 radical (unpaired) electrons. The molecule has 1 aromatic heterocycles. The minimum Gasteiger partial charge on any atom is -0.317 e. The summed E-state index contributed by atoms with van der Waals surface area (Å²) in [4.78, 5) is 16.7. The molecule has 3 nitrogen and oxygen atoms in total. The first-order chi connectivity index (χ1) is 8.77. The molecule has 1 N–H and O–H groups in total. The van der Waals surface area contributed by atoms with Gasteiger partial charge in [-0.1, -0.05) is 19.4 Å². The number of rotatable bonds is 5. The maximum Gasteiger partial charge on any atom is 0.143 e. The Balaban J connectivity index is 2.08. The van der Waals surface area contributed by atoms with Crippen molar-refractivity contribution < 1.29 is 4.79 Å². The monoisotopic (exact) mass is 246 g/mol. The number of carbonyl (C=O) groups is 1. The van der Waals surface area contributed by atoms with Gasteiger partial charge in [0.2, 0.25) is 0 Å². The van der Waals surface area contributed by atoms with Gasteiger partial charge >= 0.3 is 0 Å². The lowest BCUT2D eigenvalue weighted by Gasteiger charge is -2.36. The average molecular weight is 246 g/mol. The fourth-order valence-corrected chi connectivity index (χ4v) is 2.93. The van der Waals surface area contributed by atoms with E-state index in [4.69, 9.17) is 0 Å². The van der Waals surface area contributed by atoms with E-state index in [1.54, 1.807) is 12.4 Å². The average Bonchev–Trinajstić information content (AvgIpc) is 2.41. The number of Topliss-reactive ketones (excluding diaryl/α,β-unsaturated/α-hetero) is 1. The fourth-order valence-electron chi connectivity index (χ4n) is 2.93. The van der Waals surface area contributed by atoms with Crippen molar-refractivity contribution in [1.82, 2.24) is 10.3 Å². The van der Waals surface area contributed by atoms with Crippen molar-refractivity contribution in [3.8, 4) is 0 Å². The Morgan fingerprint density at radius 1 is 1.44 bits per heavy atom. The van der Waals surface area contributed by atoms with Crippen molar-refractivity contribution in [3.05, 3.63) is 30.1 Å². The Morgan fingerprint density at radius 2 is 2.22 bits per heavy atom. The van der Waals surface area contributed by atoms with E-state index >= 15 is 0 Å². The third-order valence-electron chi connectivity index (χ3n) is 3.97. The number of pyridine rings is 1. The first kappa shape index (κ1) is 13.2. The number of carbonyl (C=O) groups excluding carboxylic acids is 1. The largest absolute Gasteiger partial charge is 0.317 e. The van der Waals surface area contributed by atoms with Gasteiger partial charge in [-0.2, -0.15) is 0 Å². The number of piperidine rings is 1. The van der Waals surface area contributed by atoms with Crippen LogP contribution in [0.4, 0.5) is 0 Å². The van der Waals surface area contributed by atoms with Gasteiger partial charge in [0.1, 0.15) is 5.78 Å². The van der Waals surface area contributed by atoms with Gasteiger partial charge < -0.3 is 5.32 Å². The third kappa shape index (κ3) is 2.96. The molecular formula is C15H22N2O. The maximum absolute atomic E-state index is 12.6. The maximum atomic E-state index is 12.6. The van der Waals surface area contributed by atoms with Crippen LogP contribution in [0.15, 0.2) is 24.5 Å². The second-order valence-corrected chi connectivity index (χ2v) is 5.24. The highest BCUT2D eigenvalue weighted by molar-refractivity contribution is 5.86. The van der Waals surface area contributed by atoms with E-state index < -0.39 is 0 Å². The SMILES string of the molecule is CCCC1(C(=O)Cc2cccnc2)CCNCC1. The molecule has 0 aromatic carbocycles. The molecule has 0 spiro atoms. The molecule has 98 valence electrons. The molecular weight excluding hydrogens is 224 g/mol. The smallest absolute Gasteiger partial charge is 0.143 e. The molecule has 18 heavy (non-hydrogen) atoms. The Bertz CT molecular complexity index is 377. The van der Waals surface area contributed by atoms with Gasteiger partial charge in [-0.15, -0.1) is 0 Å². The first-order valence-electron chi connectivity index (χ1n) is 6.90. The Labute approximate surface area is 109 Å². The molecule has 1 saturated heterocycles. The number of hydrogen-bond donors (Lipinski definition) is 1. The van der Waals surface area contributed by atoms with Gasteiger partial charge in [0.25, 0.3) is 0 Å². The molecule has 0 amide bonds. The number of aromatic nitrogens is 1. The van der Waals surface area contributed by atoms with E-state index in [2.05, 4.69) is 17.2 Å². The van der Waals surface area contributed by atoms with Gasteiger partial charge in [0.05, 0.1) is 0 Å². The molecule has 1 aliphatic heterocycles. The highest BCUT2D eigenvalue weighted by Gasteiger charge is 2.37. The molecule has 1 aliphatic rings. The molecule has 2 heterocycles. The van der Waals surface area contributed by atoms with Crippen molar-refractivity contribution in [3.63, 3.8) is 0 Å². The molecule has 0 bridgehead atoms. The zero-order chi connectivity index (χ0) is 12.8. The van der Waals surface area contributed by atoms with Gasteiger partial charge in [-0.05, 0) is 44.0 Å². The van der Waals surface area contributed by atoms with E-state index in [9.17, 15) is 4.79 Å². The highest BCUT2D eigenvalue weighted by atomic mass is 16.1. The van der Waals surface area contributed by atoms with Crippen molar-refractivity contribution in [1.29, 1.82) is 0 Å². The summed E-state index contributed by atoms with van der Waals surface area (Å²) >= 11 is 0. The van der Waals surface area contributed by atoms with Crippen LogP contribution < -0.4 is 5.32 Å². The van der Waals surface area contributed by atoms with Crippen LogP contribution in [0.5, 0.6) is 0 Å². The van der Waals surface area contributed by atoms with Crippen LogP contribution >= 0.6 is 0 Å². The predicted molar refractivity (Wildman–Crippen MR) is 72.4 cm³/mol. The summed E-state index contributed by atoms with van der Waals surface area (Å²) in [6.45, 7) is 4.11. The van der Waals surface area contributed by atoms with Crippen LogP contribution in [0.3, 0.4) is 0 Å². The van der Waals surface area contributed by atoms with E-state index in [0.29, 0.717) is 12.2 Å². The molecule has 0 atom stereocenters. The van der Waals surface area contributed by atoms with Gasteiger partial charge in [0, 0.05) is 24.2 Å². The standard InChI is InChI=1S/C15H22N2O/c1-2-5-15(6-9-16-10-7-15)14(18)11-13-4-3-8-17-12-13/h3-4,8,12,16H,2,5-7,9-11H2,1H3. The number of ketones is 1. The molecule has 0 aliphatic carbocycles. The van der Waals surface area contributed by atoms with Gasteiger partial charge in [0.15, 0.2) is 0 Å². The fraction of sp³-hybridized carbons (Fsp3) is 0.600. The molecule has 0 unspecified atom stereocenters. The number of hydrogen-bond acceptors (Lipinski definition) is 3. The molecule has 1 fully saturated rings. The lowest BCUT2D eigenvalue weighted by Crippen LogP contribution is -2.42. The lowest BCUT2D eigenvalue weighted by atomic mass is 9.71. The Hall–Kier alpha value is -1.22. The quantitative estimate of drug-likeness (QED) is 0.867. The normalized spacial score (nSPS) is 18.5. The molecule has 2 rings (SSSR count). The summed E-state index contributed by atoms with van der Waals surface area (Å²) in [5, 5.41) is 3.35. The van der Waals surface area contributed by atoms with E-state index in [0.717, 1.165) is 44.3 Å². The summed E-state index contributed by atoms with van der Waals surface area (Å²) in [5.41, 5.74) is 0.951. The molecule has 1 aromatic rings. The predicted octanol–water partition coefficient (Wildman–Crippen LogP) is 2.36. The lowest BCUT2D eigenvalue weighted by molar-refractivity contribution is -0.130. The van der Waals surface area contributed by atoms with E-state index in [-0.39, 0.29) is 5.41 Å². The van der Waals surface area contributed by atoms with Crippen molar-refractivity contribution >= 4 is 5.78 Å². The van der Waals surface area contributed by atoms with Crippen molar-refractivity contribution in [2.45, 2.75) is 39.0 Å². The molecule has 0 saturated carbocycles. The minimum atomic E-state index is -0.0875. The van der Waals surface area contributed by atoms with Crippen LogP contribution in [0.1, 0.15) is 38.2 Å². The number of nitrogens with zero attached hydrogens (tertiary/aromatic N) is 1. The number of nitrogens with one attached hydrogen (secondary N) is 1. The highest BCUT2D eigenvalue weighted by Crippen LogP contribution is 2.36. The van der Waals surface area contributed by atoms with Crippen LogP contribution in [-0.2, 0) is 11.2 Å². The van der Waals surface area contributed by atoms with E-state index in [1.807, 2.05) is 12.1 Å². The summed E-state index contributed by atoms with van der Waals surface area (Å²) in [6.07, 6.45) is 8.17. The second kappa shape index (κ2) is 6.10. The summed E-state index contributed by atoms with van der Waals surface area (Å²) < 4.78 is 0. The Kier molecular flexibility index (Phi) is 4.48. The first-order valence-corrected chi connectivity index (χ1v) is 6.90. The van der Waals surface area contributed by atoms with Gasteiger partial charge in [-0.3, -0.25) is 9.78 Å². The van der Waals surface area contributed by atoms with Crippen LogP contribution in [0.2, 0.25) is 0 Å². The second-order valence-electron chi connectivity index (χ2n) is 5.24. The van der Waals surface area contributed by atoms with Crippen LogP contribution in [-0.4, -0.2) is 23.9 Å². The summed E-state index contributed by atoms with van der Waals surface area (Å²) in [7, 11) is 0.